The Hall–Kier alpha value is -1.65. The van der Waals surface area contributed by atoms with Gasteiger partial charge in [-0.05, 0) is 12.6 Å². The highest BCUT2D eigenvalue weighted by Gasteiger charge is 2.10. The molecule has 86 valence electrons. The second kappa shape index (κ2) is 4.31. The van der Waals surface area contributed by atoms with Gasteiger partial charge >= 0.3 is 0 Å². The van der Waals surface area contributed by atoms with Crippen LogP contribution in [0.3, 0.4) is 0 Å². The van der Waals surface area contributed by atoms with Crippen LogP contribution in [0.25, 0.3) is 21.5 Å². The quantitative estimate of drug-likeness (QED) is 0.770. The van der Waals surface area contributed by atoms with Gasteiger partial charge in [0.15, 0.2) is 0 Å². The Kier molecular flexibility index (Phi) is 2.66. The molecule has 3 rings (SSSR count). The van der Waals surface area contributed by atoms with Crippen molar-refractivity contribution in [1.82, 2.24) is 4.98 Å². The third-order valence-corrected chi connectivity index (χ3v) is 3.59. The number of furan rings is 1. The standard InChI is InChI=1S/C13H12N2OS/c14-6-5-9-8-17-13(15-9)11-7-16-12-4-2-1-3-10(11)12/h1-4,7-8H,5-6,14H2. The molecule has 0 aliphatic rings. The van der Waals surface area contributed by atoms with Gasteiger partial charge in [0, 0.05) is 17.2 Å². The molecule has 0 bridgehead atoms. The molecule has 2 heterocycles. The average molecular weight is 244 g/mol. The van der Waals surface area contributed by atoms with Gasteiger partial charge in [-0.3, -0.25) is 0 Å². The Bertz CT molecular complexity index is 641. The van der Waals surface area contributed by atoms with Gasteiger partial charge in [0.2, 0.25) is 0 Å². The first-order chi connectivity index (χ1) is 8.38. The van der Waals surface area contributed by atoms with E-state index in [1.807, 2.05) is 18.2 Å². The minimum atomic E-state index is 0.634. The summed E-state index contributed by atoms with van der Waals surface area (Å²) in [5.74, 6) is 0. The Balaban J connectivity index is 2.07. The van der Waals surface area contributed by atoms with Crippen molar-refractivity contribution in [2.45, 2.75) is 6.42 Å². The molecule has 0 unspecified atom stereocenters. The van der Waals surface area contributed by atoms with E-state index >= 15 is 0 Å². The Morgan fingerprint density at radius 2 is 2.18 bits per heavy atom. The number of hydrogen-bond acceptors (Lipinski definition) is 4. The van der Waals surface area contributed by atoms with Crippen molar-refractivity contribution in [2.24, 2.45) is 5.73 Å². The molecule has 1 aromatic carbocycles. The second-order valence-corrected chi connectivity index (χ2v) is 4.69. The topological polar surface area (TPSA) is 52.0 Å². The van der Waals surface area contributed by atoms with Crippen LogP contribution in [0.1, 0.15) is 5.69 Å². The molecular weight excluding hydrogens is 232 g/mol. The zero-order valence-corrected chi connectivity index (χ0v) is 10.0. The van der Waals surface area contributed by atoms with E-state index in [0.29, 0.717) is 6.54 Å². The predicted octanol–water partition coefficient (Wildman–Crippen LogP) is 3.06. The highest BCUT2D eigenvalue weighted by Crippen LogP contribution is 2.32. The van der Waals surface area contributed by atoms with Crippen molar-refractivity contribution in [3.8, 4) is 10.6 Å². The van der Waals surface area contributed by atoms with Crippen molar-refractivity contribution in [3.05, 3.63) is 41.6 Å². The number of fused-ring (bicyclic) bond motifs is 1. The predicted molar refractivity (Wildman–Crippen MR) is 70.1 cm³/mol. The van der Waals surface area contributed by atoms with Crippen molar-refractivity contribution >= 4 is 22.3 Å². The third kappa shape index (κ3) is 1.85. The summed E-state index contributed by atoms with van der Waals surface area (Å²) in [6.07, 6.45) is 2.60. The molecule has 17 heavy (non-hydrogen) atoms. The molecule has 0 fully saturated rings. The Morgan fingerprint density at radius 3 is 3.06 bits per heavy atom. The van der Waals surface area contributed by atoms with Crippen LogP contribution in [0.5, 0.6) is 0 Å². The SMILES string of the molecule is NCCc1csc(-c2coc3ccccc23)n1. The number of nitrogens with two attached hydrogens (primary N) is 1. The first-order valence-electron chi connectivity index (χ1n) is 5.49. The fourth-order valence-electron chi connectivity index (χ4n) is 1.84. The van der Waals surface area contributed by atoms with Gasteiger partial charge in [-0.25, -0.2) is 4.98 Å². The van der Waals surface area contributed by atoms with E-state index in [-0.39, 0.29) is 0 Å². The maximum absolute atomic E-state index is 5.53. The van der Waals surface area contributed by atoms with Crippen molar-refractivity contribution < 1.29 is 4.42 Å². The number of para-hydroxylation sites is 1. The fraction of sp³-hybridized carbons (Fsp3) is 0.154. The second-order valence-electron chi connectivity index (χ2n) is 3.83. The molecule has 0 amide bonds. The summed E-state index contributed by atoms with van der Waals surface area (Å²) in [4.78, 5) is 4.57. The Labute approximate surface area is 103 Å². The number of benzene rings is 1. The van der Waals surface area contributed by atoms with E-state index in [1.165, 1.54) is 0 Å². The van der Waals surface area contributed by atoms with Crippen LogP contribution in [-0.2, 0) is 6.42 Å². The van der Waals surface area contributed by atoms with Crippen LogP contribution in [0, 0.1) is 0 Å². The number of rotatable bonds is 3. The molecule has 0 aliphatic carbocycles. The summed E-state index contributed by atoms with van der Waals surface area (Å²) in [5, 5.41) is 4.17. The molecule has 3 aromatic rings. The zero-order valence-electron chi connectivity index (χ0n) is 9.22. The van der Waals surface area contributed by atoms with Gasteiger partial charge in [-0.15, -0.1) is 11.3 Å². The van der Waals surface area contributed by atoms with Gasteiger partial charge in [-0.2, -0.15) is 0 Å². The van der Waals surface area contributed by atoms with Crippen LogP contribution in [0.2, 0.25) is 0 Å². The van der Waals surface area contributed by atoms with Crippen molar-refractivity contribution in [2.75, 3.05) is 6.54 Å². The first kappa shape index (κ1) is 10.5. The van der Waals surface area contributed by atoms with E-state index in [4.69, 9.17) is 10.2 Å². The van der Waals surface area contributed by atoms with Gasteiger partial charge in [0.25, 0.3) is 0 Å². The molecule has 2 N–H and O–H groups in total. The smallest absolute Gasteiger partial charge is 0.134 e. The highest BCUT2D eigenvalue weighted by atomic mass is 32.1. The number of nitrogens with zero attached hydrogens (tertiary/aromatic N) is 1. The van der Waals surface area contributed by atoms with E-state index in [2.05, 4.69) is 16.4 Å². The lowest BCUT2D eigenvalue weighted by molar-refractivity contribution is 0.617. The molecule has 0 aliphatic heterocycles. The van der Waals surface area contributed by atoms with Gasteiger partial charge in [-0.1, -0.05) is 18.2 Å². The van der Waals surface area contributed by atoms with Gasteiger partial charge in [0.1, 0.15) is 16.9 Å². The summed E-state index contributed by atoms with van der Waals surface area (Å²) >= 11 is 1.64. The lowest BCUT2D eigenvalue weighted by atomic mass is 10.2. The Morgan fingerprint density at radius 1 is 1.29 bits per heavy atom. The largest absolute Gasteiger partial charge is 0.464 e. The summed E-state index contributed by atoms with van der Waals surface area (Å²) < 4.78 is 5.51. The van der Waals surface area contributed by atoms with E-state index < -0.39 is 0 Å². The molecule has 0 spiro atoms. The molecule has 0 saturated carbocycles. The molecule has 0 radical (unpaired) electrons. The van der Waals surface area contributed by atoms with Crippen LogP contribution in [0.4, 0.5) is 0 Å². The van der Waals surface area contributed by atoms with E-state index in [1.54, 1.807) is 17.6 Å². The molecular formula is C13H12N2OS. The maximum atomic E-state index is 5.53. The first-order valence-corrected chi connectivity index (χ1v) is 6.37. The fourth-order valence-corrected chi connectivity index (χ4v) is 2.71. The zero-order chi connectivity index (χ0) is 11.7. The number of aromatic nitrogens is 1. The number of hydrogen-bond donors (Lipinski definition) is 1. The summed E-state index contributed by atoms with van der Waals surface area (Å²) in [6, 6.07) is 8.00. The normalized spacial score (nSPS) is 11.1. The molecule has 0 saturated heterocycles. The molecule has 3 nitrogen and oxygen atoms in total. The summed E-state index contributed by atoms with van der Waals surface area (Å²) in [6.45, 7) is 0.634. The lowest BCUT2D eigenvalue weighted by Crippen LogP contribution is -2.02. The van der Waals surface area contributed by atoms with E-state index in [9.17, 15) is 0 Å². The van der Waals surface area contributed by atoms with Crippen LogP contribution < -0.4 is 5.73 Å². The minimum absolute atomic E-state index is 0.634. The van der Waals surface area contributed by atoms with Crippen LogP contribution in [0.15, 0.2) is 40.3 Å². The summed E-state index contributed by atoms with van der Waals surface area (Å²) in [5.41, 5.74) is 8.54. The van der Waals surface area contributed by atoms with Gasteiger partial charge < -0.3 is 10.2 Å². The van der Waals surface area contributed by atoms with Crippen molar-refractivity contribution in [1.29, 1.82) is 0 Å². The van der Waals surface area contributed by atoms with Crippen LogP contribution >= 0.6 is 11.3 Å². The third-order valence-electron chi connectivity index (χ3n) is 2.66. The van der Waals surface area contributed by atoms with Crippen molar-refractivity contribution in [3.63, 3.8) is 0 Å². The lowest BCUT2D eigenvalue weighted by Gasteiger charge is -1.92. The summed E-state index contributed by atoms with van der Waals surface area (Å²) in [7, 11) is 0. The maximum Gasteiger partial charge on any atom is 0.134 e. The monoisotopic (exact) mass is 244 g/mol. The highest BCUT2D eigenvalue weighted by molar-refractivity contribution is 7.13. The average Bonchev–Trinajstić information content (AvgIpc) is 2.95. The van der Waals surface area contributed by atoms with Gasteiger partial charge in [0.05, 0.1) is 11.3 Å². The molecule has 4 heteroatoms. The minimum Gasteiger partial charge on any atom is -0.464 e. The van der Waals surface area contributed by atoms with E-state index in [0.717, 1.165) is 33.7 Å². The molecule has 0 atom stereocenters. The van der Waals surface area contributed by atoms with Crippen LogP contribution in [-0.4, -0.2) is 11.5 Å². The number of thiazole rings is 1. The molecule has 2 aromatic heterocycles.